The van der Waals surface area contributed by atoms with Crippen molar-refractivity contribution in [2.45, 2.75) is 138 Å². The number of nitrogens with one attached hydrogen (secondary N) is 1. The molecule has 52 heavy (non-hydrogen) atoms. The number of cyclic esters (lactones) is 1. The number of sulfonamides is 1. The van der Waals surface area contributed by atoms with E-state index in [-0.39, 0.29) is 34.3 Å². The first kappa shape index (κ1) is 41.3. The van der Waals surface area contributed by atoms with Crippen LogP contribution in [0.25, 0.3) is 0 Å². The number of hydrogen-bond acceptors (Lipinski definition) is 9. The van der Waals surface area contributed by atoms with Crippen molar-refractivity contribution in [3.8, 4) is 0 Å². The molecule has 1 unspecified atom stereocenters. The molecule has 0 aliphatic carbocycles. The summed E-state index contributed by atoms with van der Waals surface area (Å²) < 4.78 is 40.6. The molecule has 2 aromatic rings. The number of carbonyl (C=O) groups excluding carboxylic acids is 3. The van der Waals surface area contributed by atoms with Gasteiger partial charge in [-0.05, 0) is 51.0 Å². The van der Waals surface area contributed by atoms with Gasteiger partial charge in [0.1, 0.15) is 4.90 Å². The first-order chi connectivity index (χ1) is 24.7. The standard InChI is InChI=1S/C39H56N4O7S2/c1-7-8-9-10-11-12-13-14-15-20-27-49-28-21-26-42-34(40-30-23-17-19-25-32(30)52(42,47)48)33(43-36(45)39(5,6)50-37(43)46)35(44)41-29-22-16-18-24-31(29)51-38(2,3)4/h16-19,22-25,33H,7-15,20-21,26-28H2,1-6H3,(H,41,44). The van der Waals surface area contributed by atoms with Gasteiger partial charge in [-0.3, -0.25) is 13.9 Å². The molecule has 1 fully saturated rings. The molecule has 0 spiro atoms. The zero-order chi connectivity index (χ0) is 37.9. The van der Waals surface area contributed by atoms with Gasteiger partial charge < -0.3 is 14.8 Å². The number of thioether (sulfide) groups is 1. The minimum atomic E-state index is -4.25. The summed E-state index contributed by atoms with van der Waals surface area (Å²) in [6, 6.07) is 11.6. The van der Waals surface area contributed by atoms with Crippen LogP contribution in [-0.2, 0) is 29.1 Å². The molecule has 2 heterocycles. The van der Waals surface area contributed by atoms with Gasteiger partial charge in [-0.25, -0.2) is 23.1 Å². The second kappa shape index (κ2) is 18.6. The number of imide groups is 1. The van der Waals surface area contributed by atoms with Crippen molar-refractivity contribution in [3.63, 3.8) is 0 Å². The molecule has 4 rings (SSSR count). The molecule has 0 aromatic heterocycles. The molecule has 1 N–H and O–H groups in total. The smallest absolute Gasteiger partial charge is 0.418 e. The molecular weight excluding hydrogens is 701 g/mol. The van der Waals surface area contributed by atoms with Gasteiger partial charge in [0.05, 0.1) is 11.4 Å². The summed E-state index contributed by atoms with van der Waals surface area (Å²) in [6.07, 6.45) is 11.4. The third-order valence-electron chi connectivity index (χ3n) is 8.80. The van der Waals surface area contributed by atoms with E-state index < -0.39 is 39.6 Å². The molecule has 3 amide bonds. The topological polar surface area (TPSA) is 135 Å². The minimum Gasteiger partial charge on any atom is -0.433 e. The van der Waals surface area contributed by atoms with Crippen molar-refractivity contribution >= 4 is 56.9 Å². The fourth-order valence-electron chi connectivity index (χ4n) is 6.17. The highest BCUT2D eigenvalue weighted by atomic mass is 32.2. The molecule has 1 saturated heterocycles. The molecule has 0 bridgehead atoms. The number of para-hydroxylation sites is 2. The summed E-state index contributed by atoms with van der Waals surface area (Å²) in [5.74, 6) is -1.86. The Morgan fingerprint density at radius 2 is 1.50 bits per heavy atom. The maximum Gasteiger partial charge on any atom is 0.418 e. The third-order valence-corrected chi connectivity index (χ3v) is 11.8. The highest BCUT2D eigenvalue weighted by molar-refractivity contribution is 8.00. The molecule has 2 aromatic carbocycles. The molecule has 0 radical (unpaired) electrons. The Labute approximate surface area is 314 Å². The number of carbonyl (C=O) groups is 3. The van der Waals surface area contributed by atoms with Gasteiger partial charge in [0.2, 0.25) is 0 Å². The van der Waals surface area contributed by atoms with Gasteiger partial charge in [-0.15, -0.1) is 11.8 Å². The number of anilines is 1. The summed E-state index contributed by atoms with van der Waals surface area (Å²) >= 11 is 1.53. The van der Waals surface area contributed by atoms with Crippen LogP contribution in [0.5, 0.6) is 0 Å². The van der Waals surface area contributed by atoms with E-state index in [0.717, 1.165) is 22.0 Å². The Kier molecular flexibility index (Phi) is 14.8. The molecular formula is C39H56N4O7S2. The van der Waals surface area contributed by atoms with Crippen LogP contribution in [0.4, 0.5) is 16.2 Å². The van der Waals surface area contributed by atoms with Crippen LogP contribution in [-0.4, -0.2) is 77.5 Å². The molecule has 11 nitrogen and oxygen atoms in total. The number of aliphatic imine (C=N–C) groups is 1. The van der Waals surface area contributed by atoms with E-state index in [1.807, 2.05) is 32.9 Å². The van der Waals surface area contributed by atoms with Crippen LogP contribution >= 0.6 is 11.8 Å². The second-order valence-corrected chi connectivity index (χ2v) is 18.5. The number of benzene rings is 2. The lowest BCUT2D eigenvalue weighted by Crippen LogP contribution is -2.59. The van der Waals surface area contributed by atoms with Gasteiger partial charge in [-0.2, -0.15) is 0 Å². The van der Waals surface area contributed by atoms with Crippen LogP contribution < -0.4 is 5.32 Å². The lowest BCUT2D eigenvalue weighted by atomic mass is 10.1. The van der Waals surface area contributed by atoms with Gasteiger partial charge in [0, 0.05) is 29.4 Å². The predicted molar refractivity (Wildman–Crippen MR) is 207 cm³/mol. The molecule has 2 aliphatic rings. The summed E-state index contributed by atoms with van der Waals surface area (Å²) in [7, 11) is -4.25. The number of hydrogen-bond donors (Lipinski definition) is 1. The zero-order valence-corrected chi connectivity index (χ0v) is 33.2. The van der Waals surface area contributed by atoms with E-state index in [1.54, 1.807) is 24.3 Å². The fourth-order valence-corrected chi connectivity index (χ4v) is 8.83. The maximum absolute atomic E-state index is 14.4. The Bertz CT molecular complexity index is 1690. The number of amides is 3. The third kappa shape index (κ3) is 10.8. The van der Waals surface area contributed by atoms with Crippen LogP contribution in [0, 0.1) is 0 Å². The first-order valence-corrected chi connectivity index (χ1v) is 20.9. The number of nitrogens with zero attached hydrogens (tertiary/aromatic N) is 3. The Morgan fingerprint density at radius 3 is 2.13 bits per heavy atom. The van der Waals surface area contributed by atoms with Crippen molar-refractivity contribution < 1.29 is 32.3 Å². The summed E-state index contributed by atoms with van der Waals surface area (Å²) in [5.41, 5.74) is -1.02. The summed E-state index contributed by atoms with van der Waals surface area (Å²) in [6.45, 7) is 12.0. The molecule has 0 saturated carbocycles. The quantitative estimate of drug-likeness (QED) is 0.105. The van der Waals surface area contributed by atoms with E-state index in [4.69, 9.17) is 9.47 Å². The zero-order valence-electron chi connectivity index (χ0n) is 31.6. The van der Waals surface area contributed by atoms with E-state index in [0.29, 0.717) is 23.6 Å². The fraction of sp³-hybridized carbons (Fsp3) is 0.590. The predicted octanol–water partition coefficient (Wildman–Crippen LogP) is 8.70. The Hall–Kier alpha value is -3.42. The number of fused-ring (bicyclic) bond motifs is 1. The highest BCUT2D eigenvalue weighted by Crippen LogP contribution is 2.38. The number of rotatable bonds is 20. The van der Waals surface area contributed by atoms with Gasteiger partial charge >= 0.3 is 6.09 Å². The monoisotopic (exact) mass is 756 g/mol. The van der Waals surface area contributed by atoms with Crippen molar-refractivity contribution in [2.24, 2.45) is 4.99 Å². The highest BCUT2D eigenvalue weighted by Gasteiger charge is 2.55. The van der Waals surface area contributed by atoms with E-state index >= 15 is 0 Å². The SMILES string of the molecule is CCCCCCCCCCCCOCCCN1C(C(C(=O)Nc2ccccc2SC(C)(C)C)N2C(=O)OC(C)(C)C2=O)=Nc2ccccc2S1(=O)=O. The van der Waals surface area contributed by atoms with Gasteiger partial charge in [0.25, 0.3) is 21.8 Å². The largest absolute Gasteiger partial charge is 0.433 e. The average Bonchev–Trinajstić information content (AvgIpc) is 3.27. The van der Waals surface area contributed by atoms with Crippen LogP contribution in [0.15, 0.2) is 63.3 Å². The number of amidine groups is 1. The Balaban J connectivity index is 1.54. The normalized spacial score (nSPS) is 17.1. The minimum absolute atomic E-state index is 0.0354. The second-order valence-electron chi connectivity index (χ2n) is 14.8. The average molecular weight is 757 g/mol. The van der Waals surface area contributed by atoms with Crippen molar-refractivity contribution in [2.75, 3.05) is 25.1 Å². The lowest BCUT2D eigenvalue weighted by Gasteiger charge is -2.35. The van der Waals surface area contributed by atoms with Crippen molar-refractivity contribution in [3.05, 3.63) is 48.5 Å². The van der Waals surface area contributed by atoms with Gasteiger partial charge in [0.15, 0.2) is 17.5 Å². The maximum atomic E-state index is 14.4. The van der Waals surface area contributed by atoms with Crippen molar-refractivity contribution in [1.82, 2.24) is 9.21 Å². The van der Waals surface area contributed by atoms with Crippen molar-refractivity contribution in [1.29, 1.82) is 0 Å². The van der Waals surface area contributed by atoms with E-state index in [9.17, 15) is 22.8 Å². The Morgan fingerprint density at radius 1 is 0.904 bits per heavy atom. The van der Waals surface area contributed by atoms with Gasteiger partial charge in [-0.1, -0.05) is 110 Å². The molecule has 286 valence electrons. The van der Waals surface area contributed by atoms with E-state index in [2.05, 4.69) is 17.2 Å². The number of ether oxygens (including phenoxy) is 2. The summed E-state index contributed by atoms with van der Waals surface area (Å²) in [5, 5.41) is 2.88. The lowest BCUT2D eigenvalue weighted by molar-refractivity contribution is -0.137. The van der Waals surface area contributed by atoms with Crippen LogP contribution in [0.3, 0.4) is 0 Å². The summed E-state index contributed by atoms with van der Waals surface area (Å²) in [4.78, 5) is 47.6. The van der Waals surface area contributed by atoms with Crippen LogP contribution in [0.1, 0.15) is 112 Å². The first-order valence-electron chi connectivity index (χ1n) is 18.6. The molecule has 1 atom stereocenters. The number of unbranched alkanes of at least 4 members (excludes halogenated alkanes) is 9. The van der Waals surface area contributed by atoms with E-state index in [1.165, 1.54) is 89.1 Å². The molecule has 13 heteroatoms. The van der Waals surface area contributed by atoms with Crippen LogP contribution in [0.2, 0.25) is 0 Å². The molecule has 2 aliphatic heterocycles.